The summed E-state index contributed by atoms with van der Waals surface area (Å²) in [6, 6.07) is 0. The molecule has 0 spiro atoms. The summed E-state index contributed by atoms with van der Waals surface area (Å²) < 4.78 is 6.88. The number of aromatic nitrogens is 2. The maximum absolute atomic E-state index is 5.84. The normalized spacial score (nSPS) is 17.4. The molecule has 5 heteroatoms. The first-order chi connectivity index (χ1) is 7.75. The lowest BCUT2D eigenvalue weighted by molar-refractivity contribution is 0.484. The quantitative estimate of drug-likeness (QED) is 0.727. The molecule has 0 amide bonds. The van der Waals surface area contributed by atoms with E-state index in [0.717, 1.165) is 14.8 Å². The topological polar surface area (TPSA) is 38.9 Å². The molecule has 0 aromatic carbocycles. The second kappa shape index (κ2) is 4.14. The van der Waals surface area contributed by atoms with E-state index in [-0.39, 0.29) is 0 Å². The van der Waals surface area contributed by atoms with Crippen LogP contribution in [0.1, 0.15) is 37.4 Å². The second-order valence-electron chi connectivity index (χ2n) is 4.11. The van der Waals surface area contributed by atoms with Gasteiger partial charge in [-0.1, -0.05) is 24.4 Å². The van der Waals surface area contributed by atoms with Crippen LogP contribution in [-0.2, 0) is 0 Å². The minimum atomic E-state index is 0.421. The largest absolute Gasteiger partial charge is 0.440 e. The van der Waals surface area contributed by atoms with Crippen molar-refractivity contribution in [3.8, 4) is 0 Å². The summed E-state index contributed by atoms with van der Waals surface area (Å²) in [7, 11) is 0. The summed E-state index contributed by atoms with van der Waals surface area (Å²) in [5.74, 6) is 1.59. The van der Waals surface area contributed by atoms with Crippen LogP contribution in [0.25, 0.3) is 11.2 Å². The average molecular weight is 349 g/mol. The predicted octanol–water partition coefficient (Wildman–Crippen LogP) is 4.14. The van der Waals surface area contributed by atoms with E-state index < -0.39 is 0 Å². The Bertz CT molecular complexity index is 534. The Hall–Kier alpha value is -0.360. The molecular formula is C11H10ClIN2O. The van der Waals surface area contributed by atoms with Crippen LogP contribution < -0.4 is 0 Å². The number of fused-ring (bicyclic) bond motifs is 1. The van der Waals surface area contributed by atoms with Gasteiger partial charge in [0.05, 0.1) is 9.77 Å². The Labute approximate surface area is 112 Å². The fourth-order valence-electron chi connectivity index (χ4n) is 2.29. The lowest BCUT2D eigenvalue weighted by Gasteiger charge is -2.04. The SMILES string of the molecule is Clc1cnc2oc(C3CCCC3)c(I)c2n1. The standard InChI is InChI=1S/C11H10ClIN2O/c12-7-5-14-11-9(15-7)8(13)10(16-11)6-3-1-2-4-6/h5-6H,1-4H2. The monoisotopic (exact) mass is 348 g/mol. The van der Waals surface area contributed by atoms with Gasteiger partial charge in [0, 0.05) is 5.92 Å². The third kappa shape index (κ3) is 1.72. The lowest BCUT2D eigenvalue weighted by atomic mass is 10.1. The molecule has 1 fully saturated rings. The van der Waals surface area contributed by atoms with Crippen molar-refractivity contribution < 1.29 is 4.42 Å². The van der Waals surface area contributed by atoms with E-state index in [1.807, 2.05) is 0 Å². The molecule has 2 aromatic heterocycles. The molecule has 3 rings (SSSR count). The van der Waals surface area contributed by atoms with Crippen LogP contribution >= 0.6 is 34.2 Å². The van der Waals surface area contributed by atoms with Gasteiger partial charge < -0.3 is 4.42 Å². The van der Waals surface area contributed by atoms with E-state index >= 15 is 0 Å². The fraction of sp³-hybridized carbons (Fsp3) is 0.455. The zero-order valence-electron chi connectivity index (χ0n) is 8.54. The molecule has 0 N–H and O–H groups in total. The van der Waals surface area contributed by atoms with E-state index in [1.165, 1.54) is 31.9 Å². The van der Waals surface area contributed by atoms with Gasteiger partial charge in [0.15, 0.2) is 0 Å². The van der Waals surface area contributed by atoms with Crippen LogP contribution in [0.15, 0.2) is 10.6 Å². The molecule has 3 nitrogen and oxygen atoms in total. The summed E-state index contributed by atoms with van der Waals surface area (Å²) in [4.78, 5) is 8.44. The molecule has 84 valence electrons. The number of halogens is 2. The second-order valence-corrected chi connectivity index (χ2v) is 5.57. The molecule has 0 saturated heterocycles. The number of hydrogen-bond acceptors (Lipinski definition) is 3. The number of rotatable bonds is 1. The van der Waals surface area contributed by atoms with Crippen LogP contribution in [0.5, 0.6) is 0 Å². The van der Waals surface area contributed by atoms with Gasteiger partial charge in [-0.15, -0.1) is 0 Å². The highest BCUT2D eigenvalue weighted by atomic mass is 127. The molecule has 1 aliphatic rings. The van der Waals surface area contributed by atoms with Crippen molar-refractivity contribution in [3.05, 3.63) is 20.7 Å². The minimum absolute atomic E-state index is 0.421. The Kier molecular flexibility index (Phi) is 2.79. The van der Waals surface area contributed by atoms with E-state index in [0.29, 0.717) is 16.8 Å². The highest BCUT2D eigenvalue weighted by molar-refractivity contribution is 14.1. The molecule has 16 heavy (non-hydrogen) atoms. The summed E-state index contributed by atoms with van der Waals surface area (Å²) in [6.07, 6.45) is 6.54. The number of hydrogen-bond donors (Lipinski definition) is 0. The summed E-state index contributed by atoms with van der Waals surface area (Å²) in [6.45, 7) is 0. The predicted molar refractivity (Wildman–Crippen MR) is 70.7 cm³/mol. The Morgan fingerprint density at radius 1 is 1.38 bits per heavy atom. The van der Waals surface area contributed by atoms with Crippen LogP contribution in [-0.4, -0.2) is 9.97 Å². The van der Waals surface area contributed by atoms with Crippen molar-refractivity contribution in [2.45, 2.75) is 31.6 Å². The molecule has 2 aromatic rings. The average Bonchev–Trinajstić information content (AvgIpc) is 2.87. The first kappa shape index (κ1) is 10.8. The molecule has 1 aliphatic carbocycles. The van der Waals surface area contributed by atoms with Gasteiger partial charge in [-0.3, -0.25) is 0 Å². The van der Waals surface area contributed by atoms with Gasteiger partial charge in [0.1, 0.15) is 16.4 Å². The highest BCUT2D eigenvalue weighted by Gasteiger charge is 2.25. The molecule has 0 bridgehead atoms. The van der Waals surface area contributed by atoms with Crippen LogP contribution in [0, 0.1) is 3.57 Å². The number of nitrogens with zero attached hydrogens (tertiary/aromatic N) is 2. The van der Waals surface area contributed by atoms with Crippen LogP contribution in [0.2, 0.25) is 5.15 Å². The third-order valence-corrected chi connectivity index (χ3v) is 4.29. The summed E-state index contributed by atoms with van der Waals surface area (Å²) in [5, 5.41) is 0.421. The van der Waals surface area contributed by atoms with Crippen molar-refractivity contribution >= 4 is 45.4 Å². The van der Waals surface area contributed by atoms with Gasteiger partial charge in [-0.25, -0.2) is 9.97 Å². The Balaban J connectivity index is 2.15. The Morgan fingerprint density at radius 2 is 2.12 bits per heavy atom. The zero-order valence-corrected chi connectivity index (χ0v) is 11.5. The third-order valence-electron chi connectivity index (χ3n) is 3.07. The smallest absolute Gasteiger partial charge is 0.246 e. The van der Waals surface area contributed by atoms with Gasteiger partial charge in [-0.05, 0) is 35.4 Å². The molecule has 2 heterocycles. The molecule has 0 aliphatic heterocycles. The summed E-state index contributed by atoms with van der Waals surface area (Å²) >= 11 is 8.13. The highest BCUT2D eigenvalue weighted by Crippen LogP contribution is 2.39. The van der Waals surface area contributed by atoms with Crippen molar-refractivity contribution in [1.29, 1.82) is 0 Å². The molecule has 0 atom stereocenters. The number of furan rings is 1. The van der Waals surface area contributed by atoms with Gasteiger partial charge in [-0.2, -0.15) is 0 Å². The molecule has 0 unspecified atom stereocenters. The minimum Gasteiger partial charge on any atom is -0.440 e. The van der Waals surface area contributed by atoms with Gasteiger partial charge in [0.2, 0.25) is 5.71 Å². The van der Waals surface area contributed by atoms with E-state index in [1.54, 1.807) is 0 Å². The van der Waals surface area contributed by atoms with Crippen molar-refractivity contribution in [1.82, 2.24) is 9.97 Å². The van der Waals surface area contributed by atoms with Crippen LogP contribution in [0.4, 0.5) is 0 Å². The fourth-order valence-corrected chi connectivity index (χ4v) is 3.33. The van der Waals surface area contributed by atoms with Gasteiger partial charge >= 0.3 is 0 Å². The summed E-state index contributed by atoms with van der Waals surface area (Å²) in [5.41, 5.74) is 1.41. The molecule has 0 radical (unpaired) electrons. The van der Waals surface area contributed by atoms with Gasteiger partial charge in [0.25, 0.3) is 0 Å². The van der Waals surface area contributed by atoms with Crippen LogP contribution in [0.3, 0.4) is 0 Å². The molecule has 1 saturated carbocycles. The maximum Gasteiger partial charge on any atom is 0.246 e. The van der Waals surface area contributed by atoms with E-state index in [2.05, 4.69) is 32.6 Å². The lowest BCUT2D eigenvalue weighted by Crippen LogP contribution is -1.91. The first-order valence-electron chi connectivity index (χ1n) is 5.36. The van der Waals surface area contributed by atoms with Crippen molar-refractivity contribution in [3.63, 3.8) is 0 Å². The van der Waals surface area contributed by atoms with Crippen molar-refractivity contribution in [2.75, 3.05) is 0 Å². The van der Waals surface area contributed by atoms with E-state index in [9.17, 15) is 0 Å². The van der Waals surface area contributed by atoms with E-state index in [4.69, 9.17) is 16.0 Å². The zero-order chi connectivity index (χ0) is 11.1. The Morgan fingerprint density at radius 3 is 2.88 bits per heavy atom. The molecular weight excluding hydrogens is 338 g/mol. The maximum atomic E-state index is 5.84. The van der Waals surface area contributed by atoms with Crippen molar-refractivity contribution in [2.24, 2.45) is 0 Å². The first-order valence-corrected chi connectivity index (χ1v) is 6.82.